The number of rotatable bonds is 9. The van der Waals surface area contributed by atoms with Crippen molar-refractivity contribution in [2.24, 2.45) is 0 Å². The van der Waals surface area contributed by atoms with Crippen molar-refractivity contribution >= 4 is 35.5 Å². The number of carbonyl (C=O) groups excluding carboxylic acids is 2. The number of aromatic carboxylic acids is 2. The molecule has 0 saturated carbocycles. The summed E-state index contributed by atoms with van der Waals surface area (Å²) in [4.78, 5) is 21.6. The van der Waals surface area contributed by atoms with E-state index in [9.17, 15) is 19.8 Å². The van der Waals surface area contributed by atoms with Crippen molar-refractivity contribution < 1.29 is 28.6 Å². The number of thioether (sulfide) groups is 2. The Labute approximate surface area is 147 Å². The zero-order chi connectivity index (χ0) is 17.7. The molecule has 24 heavy (non-hydrogen) atoms. The molecule has 0 aliphatic heterocycles. The van der Waals surface area contributed by atoms with Gasteiger partial charge in [0.1, 0.15) is 23.0 Å². The molecule has 0 amide bonds. The first-order valence-electron chi connectivity index (χ1n) is 7.15. The van der Waals surface area contributed by atoms with E-state index in [1.807, 2.05) is 0 Å². The zero-order valence-corrected chi connectivity index (χ0v) is 14.9. The topological polar surface area (TPSA) is 107 Å². The van der Waals surface area contributed by atoms with Crippen molar-refractivity contribution in [2.45, 2.75) is 25.4 Å². The minimum Gasteiger partial charge on any atom is -0.545 e. The summed E-state index contributed by atoms with van der Waals surface area (Å²) in [5.41, 5.74) is 0.189. The molecule has 0 aliphatic rings. The van der Waals surface area contributed by atoms with Gasteiger partial charge in [-0.25, -0.2) is 0 Å². The van der Waals surface area contributed by atoms with Gasteiger partial charge in [-0.15, -0.1) is 0 Å². The van der Waals surface area contributed by atoms with Gasteiger partial charge in [0.25, 0.3) is 0 Å². The van der Waals surface area contributed by atoms with E-state index >= 15 is 0 Å². The van der Waals surface area contributed by atoms with Gasteiger partial charge >= 0.3 is 0 Å². The van der Waals surface area contributed by atoms with Crippen molar-refractivity contribution in [1.29, 1.82) is 0 Å². The number of carboxylic acid groups (broad SMARTS) is 2. The Morgan fingerprint density at radius 3 is 1.54 bits per heavy atom. The lowest BCUT2D eigenvalue weighted by Crippen LogP contribution is -2.22. The van der Waals surface area contributed by atoms with Crippen LogP contribution in [0.3, 0.4) is 0 Å². The van der Waals surface area contributed by atoms with Crippen LogP contribution in [0.2, 0.25) is 0 Å². The summed E-state index contributed by atoms with van der Waals surface area (Å²) in [6.45, 7) is 3.20. The molecule has 2 heterocycles. The van der Waals surface area contributed by atoms with Gasteiger partial charge in [-0.2, -0.15) is 23.5 Å². The summed E-state index contributed by atoms with van der Waals surface area (Å²) in [6, 6.07) is 3.00. The number of aryl methyl sites for hydroxylation is 2. The Bertz CT molecular complexity index is 669. The molecule has 0 atom stereocenters. The maximum absolute atomic E-state index is 10.8. The van der Waals surface area contributed by atoms with Crippen molar-refractivity contribution in [3.05, 3.63) is 46.3 Å². The van der Waals surface area contributed by atoms with Gasteiger partial charge in [0.05, 0.1) is 23.4 Å². The number of hydrogen-bond donors (Lipinski definition) is 0. The van der Waals surface area contributed by atoms with E-state index in [0.29, 0.717) is 34.5 Å². The molecule has 0 fully saturated rings. The SMILES string of the molecule is Cc1oc(CSCCSCc2cc(C(=O)[O-])c(C)o2)cc1C(=O)[O-]. The second kappa shape index (κ2) is 8.34. The van der Waals surface area contributed by atoms with Crippen molar-refractivity contribution in [3.8, 4) is 0 Å². The fraction of sp³-hybridized carbons (Fsp3) is 0.375. The van der Waals surface area contributed by atoms with Crippen LogP contribution < -0.4 is 10.2 Å². The third kappa shape index (κ3) is 4.85. The number of carbonyl (C=O) groups is 2. The third-order valence-electron chi connectivity index (χ3n) is 3.24. The fourth-order valence-electron chi connectivity index (χ4n) is 2.10. The quantitative estimate of drug-likeness (QED) is 0.611. The highest BCUT2D eigenvalue weighted by Crippen LogP contribution is 2.22. The first-order valence-corrected chi connectivity index (χ1v) is 9.46. The Hall–Kier alpha value is -1.80. The second-order valence-corrected chi connectivity index (χ2v) is 7.26. The molecule has 8 heteroatoms. The third-order valence-corrected chi connectivity index (χ3v) is 5.46. The lowest BCUT2D eigenvalue weighted by Gasteiger charge is -1.99. The predicted molar refractivity (Wildman–Crippen MR) is 87.9 cm³/mol. The van der Waals surface area contributed by atoms with Gasteiger partial charge in [-0.3, -0.25) is 0 Å². The molecule has 0 bridgehead atoms. The molecule has 0 unspecified atom stereocenters. The molecule has 130 valence electrons. The van der Waals surface area contributed by atoms with E-state index in [-0.39, 0.29) is 11.1 Å². The molecule has 0 radical (unpaired) electrons. The molecule has 0 saturated heterocycles. The van der Waals surface area contributed by atoms with E-state index in [0.717, 1.165) is 11.5 Å². The van der Waals surface area contributed by atoms with Crippen LogP contribution in [0.4, 0.5) is 0 Å². The van der Waals surface area contributed by atoms with E-state index in [1.165, 1.54) is 12.1 Å². The maximum Gasteiger partial charge on any atom is 0.114 e. The van der Waals surface area contributed by atoms with Crippen LogP contribution in [0.15, 0.2) is 21.0 Å². The summed E-state index contributed by atoms with van der Waals surface area (Å²) in [7, 11) is 0. The average Bonchev–Trinajstić information content (AvgIpc) is 3.05. The summed E-state index contributed by atoms with van der Waals surface area (Å²) >= 11 is 3.25. The molecule has 0 aromatic carbocycles. The monoisotopic (exact) mass is 368 g/mol. The molecule has 0 spiro atoms. The number of carboxylic acids is 2. The highest BCUT2D eigenvalue weighted by Gasteiger charge is 2.09. The standard InChI is InChI=1S/C16H18O6S2/c1-9-13(15(17)18)5-11(21-9)7-23-3-4-24-8-12-6-14(16(19)20)10(2)22-12/h5-6H,3-4,7-8H2,1-2H3,(H,17,18)(H,19,20)/p-2. The van der Waals surface area contributed by atoms with Crippen LogP contribution in [0.5, 0.6) is 0 Å². The van der Waals surface area contributed by atoms with Crippen LogP contribution in [0.1, 0.15) is 43.8 Å². The lowest BCUT2D eigenvalue weighted by atomic mass is 10.2. The molecule has 2 aromatic heterocycles. The minimum absolute atomic E-state index is 0.0943. The van der Waals surface area contributed by atoms with Gasteiger partial charge in [-0.1, -0.05) is 0 Å². The van der Waals surface area contributed by atoms with Crippen LogP contribution >= 0.6 is 23.5 Å². The van der Waals surface area contributed by atoms with Crippen LogP contribution in [-0.2, 0) is 11.5 Å². The van der Waals surface area contributed by atoms with Crippen LogP contribution in [0, 0.1) is 13.8 Å². The van der Waals surface area contributed by atoms with Crippen molar-refractivity contribution in [2.75, 3.05) is 11.5 Å². The zero-order valence-electron chi connectivity index (χ0n) is 13.2. The first kappa shape index (κ1) is 18.5. The maximum atomic E-state index is 10.8. The molecule has 0 N–H and O–H groups in total. The summed E-state index contributed by atoms with van der Waals surface area (Å²) in [5, 5.41) is 21.6. The van der Waals surface area contributed by atoms with E-state index in [1.54, 1.807) is 37.4 Å². The largest absolute Gasteiger partial charge is 0.545 e. The summed E-state index contributed by atoms with van der Waals surface area (Å²) < 4.78 is 10.7. The van der Waals surface area contributed by atoms with Gasteiger partial charge in [0, 0.05) is 22.6 Å². The molecular formula is C16H16O6S2-2. The number of furan rings is 2. The highest BCUT2D eigenvalue weighted by molar-refractivity contribution is 8.02. The molecule has 6 nitrogen and oxygen atoms in total. The van der Waals surface area contributed by atoms with Crippen molar-refractivity contribution in [1.82, 2.24) is 0 Å². The second-order valence-electron chi connectivity index (χ2n) is 5.05. The van der Waals surface area contributed by atoms with Crippen LogP contribution in [-0.4, -0.2) is 23.4 Å². The minimum atomic E-state index is -1.23. The highest BCUT2D eigenvalue weighted by atomic mass is 32.2. The first-order chi connectivity index (χ1) is 11.4. The average molecular weight is 368 g/mol. The van der Waals surface area contributed by atoms with Gasteiger partial charge in [0.2, 0.25) is 0 Å². The molecule has 0 aliphatic carbocycles. The Morgan fingerprint density at radius 1 is 0.875 bits per heavy atom. The molecule has 2 aromatic rings. The Balaban J connectivity index is 1.68. The van der Waals surface area contributed by atoms with Crippen molar-refractivity contribution in [3.63, 3.8) is 0 Å². The molecule has 2 rings (SSSR count). The number of hydrogen-bond acceptors (Lipinski definition) is 8. The van der Waals surface area contributed by atoms with Gasteiger partial charge in [-0.05, 0) is 26.0 Å². The lowest BCUT2D eigenvalue weighted by molar-refractivity contribution is -0.256. The molecular weight excluding hydrogens is 352 g/mol. The van der Waals surface area contributed by atoms with E-state index in [4.69, 9.17) is 8.83 Å². The smallest absolute Gasteiger partial charge is 0.114 e. The van der Waals surface area contributed by atoms with Crippen LogP contribution in [0.25, 0.3) is 0 Å². The Kier molecular flexibility index (Phi) is 6.44. The summed E-state index contributed by atoms with van der Waals surface area (Å²) in [6.07, 6.45) is 0. The Morgan fingerprint density at radius 2 is 1.25 bits per heavy atom. The van der Waals surface area contributed by atoms with Gasteiger partial charge < -0.3 is 28.6 Å². The normalized spacial score (nSPS) is 10.9. The predicted octanol–water partition coefficient (Wildman–Crippen LogP) is 1.38. The van der Waals surface area contributed by atoms with E-state index < -0.39 is 11.9 Å². The summed E-state index contributed by atoms with van der Waals surface area (Å²) in [5.74, 6) is 2.35. The van der Waals surface area contributed by atoms with Gasteiger partial charge in [0.15, 0.2) is 0 Å². The van der Waals surface area contributed by atoms with E-state index in [2.05, 4.69) is 0 Å². The fourth-order valence-corrected chi connectivity index (χ4v) is 4.02.